The van der Waals surface area contributed by atoms with Crippen LogP contribution in [0.25, 0.3) is 11.4 Å². The minimum atomic E-state index is -0.531. The van der Waals surface area contributed by atoms with Crippen LogP contribution in [0, 0.1) is 5.82 Å². The Kier molecular flexibility index (Phi) is 6.53. The number of anilines is 1. The molecule has 0 aliphatic heterocycles. The number of hydrogen-bond donors (Lipinski definition) is 1. The first-order valence-electron chi connectivity index (χ1n) is 8.47. The lowest BCUT2D eigenvalue weighted by molar-refractivity contribution is -0.113. The first-order valence-corrected chi connectivity index (χ1v) is 9.83. The predicted octanol–water partition coefficient (Wildman–Crippen LogP) is 4.50. The van der Waals surface area contributed by atoms with E-state index in [1.165, 1.54) is 30.0 Å². The molecule has 0 saturated heterocycles. The average Bonchev–Trinajstić information content (AvgIpc) is 3.12. The molecule has 6 nitrogen and oxygen atoms in total. The molecule has 1 heterocycles. The highest BCUT2D eigenvalue weighted by atomic mass is 35.5. The molecular weight excluding hydrogens is 403 g/mol. The summed E-state index contributed by atoms with van der Waals surface area (Å²) in [5.41, 5.74) is 1.35. The van der Waals surface area contributed by atoms with Crippen LogP contribution in [0.4, 0.5) is 10.1 Å². The van der Waals surface area contributed by atoms with Crippen LogP contribution in [0.5, 0.6) is 5.75 Å². The number of nitrogens with zero attached hydrogens (tertiary/aromatic N) is 3. The zero-order valence-electron chi connectivity index (χ0n) is 15.3. The van der Waals surface area contributed by atoms with E-state index in [2.05, 4.69) is 15.5 Å². The zero-order chi connectivity index (χ0) is 20.1. The van der Waals surface area contributed by atoms with E-state index in [0.29, 0.717) is 17.4 Å². The van der Waals surface area contributed by atoms with Crippen molar-refractivity contribution < 1.29 is 13.9 Å². The number of carbonyl (C=O) groups is 1. The fraction of sp³-hybridized carbons (Fsp3) is 0.211. The van der Waals surface area contributed by atoms with Crippen molar-refractivity contribution in [2.75, 3.05) is 18.2 Å². The van der Waals surface area contributed by atoms with E-state index in [9.17, 15) is 9.18 Å². The van der Waals surface area contributed by atoms with Crippen LogP contribution < -0.4 is 10.1 Å². The second-order valence-corrected chi connectivity index (χ2v) is 7.09. The van der Waals surface area contributed by atoms with Crippen LogP contribution in [0.1, 0.15) is 6.92 Å². The number of ether oxygens (including phenoxy) is 1. The van der Waals surface area contributed by atoms with Crippen LogP contribution in [0.2, 0.25) is 5.02 Å². The number of nitrogens with one attached hydrogen (secondary N) is 1. The number of halogens is 2. The van der Waals surface area contributed by atoms with Crippen LogP contribution in [0.3, 0.4) is 0 Å². The second-order valence-electron chi connectivity index (χ2n) is 5.74. The van der Waals surface area contributed by atoms with Crippen molar-refractivity contribution in [3.8, 4) is 17.1 Å². The van der Waals surface area contributed by atoms with Gasteiger partial charge in [0.1, 0.15) is 11.6 Å². The normalized spacial score (nSPS) is 10.7. The van der Waals surface area contributed by atoms with Crippen molar-refractivity contribution in [2.24, 2.45) is 0 Å². The summed E-state index contributed by atoms with van der Waals surface area (Å²) >= 11 is 7.00. The third-order valence-corrected chi connectivity index (χ3v) is 5.17. The van der Waals surface area contributed by atoms with Gasteiger partial charge < -0.3 is 14.6 Å². The lowest BCUT2D eigenvalue weighted by Crippen LogP contribution is -2.14. The van der Waals surface area contributed by atoms with Gasteiger partial charge in [0.15, 0.2) is 11.0 Å². The van der Waals surface area contributed by atoms with Crippen molar-refractivity contribution in [1.29, 1.82) is 0 Å². The lowest BCUT2D eigenvalue weighted by Gasteiger charge is -2.08. The topological polar surface area (TPSA) is 69.0 Å². The molecule has 0 saturated carbocycles. The summed E-state index contributed by atoms with van der Waals surface area (Å²) in [5, 5.41) is 11.7. The second kappa shape index (κ2) is 9.07. The number of rotatable bonds is 7. The minimum Gasteiger partial charge on any atom is -0.497 e. The average molecular weight is 421 g/mol. The van der Waals surface area contributed by atoms with Crippen molar-refractivity contribution in [1.82, 2.24) is 14.8 Å². The molecule has 28 heavy (non-hydrogen) atoms. The van der Waals surface area contributed by atoms with Crippen LogP contribution in [-0.2, 0) is 11.3 Å². The van der Waals surface area contributed by atoms with E-state index in [1.54, 1.807) is 7.11 Å². The van der Waals surface area contributed by atoms with E-state index in [-0.39, 0.29) is 16.7 Å². The van der Waals surface area contributed by atoms with Gasteiger partial charge in [-0.05, 0) is 49.4 Å². The number of benzene rings is 2. The molecule has 0 aliphatic rings. The van der Waals surface area contributed by atoms with Crippen molar-refractivity contribution in [3.63, 3.8) is 0 Å². The summed E-state index contributed by atoms with van der Waals surface area (Å²) in [7, 11) is 1.61. The maximum Gasteiger partial charge on any atom is 0.234 e. The molecule has 146 valence electrons. The molecule has 0 radical (unpaired) electrons. The summed E-state index contributed by atoms with van der Waals surface area (Å²) < 4.78 is 20.3. The number of methoxy groups -OCH3 is 1. The Bertz CT molecular complexity index is 979. The van der Waals surface area contributed by atoms with Gasteiger partial charge in [-0.1, -0.05) is 23.4 Å². The molecule has 3 aromatic rings. The van der Waals surface area contributed by atoms with E-state index in [0.717, 1.165) is 17.1 Å². The van der Waals surface area contributed by atoms with Crippen molar-refractivity contribution >= 4 is 35.0 Å². The van der Waals surface area contributed by atoms with Crippen LogP contribution in [-0.4, -0.2) is 33.5 Å². The molecule has 1 aromatic heterocycles. The highest BCUT2D eigenvalue weighted by Crippen LogP contribution is 2.26. The Balaban J connectivity index is 1.67. The van der Waals surface area contributed by atoms with E-state index in [4.69, 9.17) is 16.3 Å². The van der Waals surface area contributed by atoms with Gasteiger partial charge in [0, 0.05) is 17.8 Å². The van der Waals surface area contributed by atoms with Gasteiger partial charge in [-0.15, -0.1) is 10.2 Å². The first kappa shape index (κ1) is 20.2. The molecule has 0 atom stereocenters. The predicted molar refractivity (Wildman–Crippen MR) is 108 cm³/mol. The Morgan fingerprint density at radius 3 is 2.64 bits per heavy atom. The Labute approximate surface area is 171 Å². The van der Waals surface area contributed by atoms with E-state index in [1.807, 2.05) is 35.8 Å². The number of carbonyl (C=O) groups excluding carboxylic acids is 1. The van der Waals surface area contributed by atoms with Crippen molar-refractivity contribution in [2.45, 2.75) is 18.6 Å². The molecule has 1 N–H and O–H groups in total. The van der Waals surface area contributed by atoms with Gasteiger partial charge in [0.05, 0.1) is 17.9 Å². The van der Waals surface area contributed by atoms with Gasteiger partial charge in [0.25, 0.3) is 0 Å². The molecule has 0 bridgehead atoms. The number of amides is 1. The third kappa shape index (κ3) is 4.63. The Morgan fingerprint density at radius 1 is 1.25 bits per heavy atom. The molecule has 0 spiro atoms. The SMILES string of the molecule is CCn1c(SCC(=O)Nc2ccc(F)c(Cl)c2)nnc1-c1ccc(OC)cc1. The maximum atomic E-state index is 13.2. The van der Waals surface area contributed by atoms with Gasteiger partial charge in [0.2, 0.25) is 5.91 Å². The summed E-state index contributed by atoms with van der Waals surface area (Å²) in [5.74, 6) is 0.841. The smallest absolute Gasteiger partial charge is 0.234 e. The molecule has 3 rings (SSSR count). The lowest BCUT2D eigenvalue weighted by atomic mass is 10.2. The van der Waals surface area contributed by atoms with Gasteiger partial charge in [-0.2, -0.15) is 0 Å². The summed E-state index contributed by atoms with van der Waals surface area (Å²) in [4.78, 5) is 12.2. The molecule has 2 aromatic carbocycles. The standard InChI is InChI=1S/C19H18ClFN4O2S/c1-3-25-18(12-4-7-14(27-2)8-5-12)23-24-19(25)28-11-17(26)22-13-6-9-16(21)15(20)10-13/h4-10H,3,11H2,1-2H3,(H,22,26). The molecule has 0 fully saturated rings. The monoisotopic (exact) mass is 420 g/mol. The number of aromatic nitrogens is 3. The minimum absolute atomic E-state index is 0.0414. The number of hydrogen-bond acceptors (Lipinski definition) is 5. The van der Waals surface area contributed by atoms with E-state index >= 15 is 0 Å². The highest BCUT2D eigenvalue weighted by molar-refractivity contribution is 7.99. The molecule has 1 amide bonds. The quantitative estimate of drug-likeness (QED) is 0.570. The largest absolute Gasteiger partial charge is 0.497 e. The number of thioether (sulfide) groups is 1. The van der Waals surface area contributed by atoms with Crippen LogP contribution >= 0.6 is 23.4 Å². The van der Waals surface area contributed by atoms with Gasteiger partial charge in [-0.25, -0.2) is 4.39 Å². The van der Waals surface area contributed by atoms with Crippen LogP contribution in [0.15, 0.2) is 47.6 Å². The summed E-state index contributed by atoms with van der Waals surface area (Å²) in [6.45, 7) is 2.65. The molecular formula is C19H18ClFN4O2S. The zero-order valence-corrected chi connectivity index (χ0v) is 16.9. The Morgan fingerprint density at radius 2 is 2.00 bits per heavy atom. The van der Waals surface area contributed by atoms with Crippen molar-refractivity contribution in [3.05, 3.63) is 53.3 Å². The maximum absolute atomic E-state index is 13.2. The third-order valence-electron chi connectivity index (χ3n) is 3.92. The van der Waals surface area contributed by atoms with Gasteiger partial charge >= 0.3 is 0 Å². The van der Waals surface area contributed by atoms with Gasteiger partial charge in [-0.3, -0.25) is 4.79 Å². The highest BCUT2D eigenvalue weighted by Gasteiger charge is 2.15. The Hall–Kier alpha value is -2.58. The fourth-order valence-corrected chi connectivity index (χ4v) is 3.52. The molecule has 0 aliphatic carbocycles. The molecule has 9 heteroatoms. The fourth-order valence-electron chi connectivity index (χ4n) is 2.54. The first-order chi connectivity index (χ1) is 13.5. The summed E-state index contributed by atoms with van der Waals surface area (Å²) in [6.07, 6.45) is 0. The molecule has 0 unspecified atom stereocenters. The van der Waals surface area contributed by atoms with E-state index < -0.39 is 5.82 Å². The summed E-state index contributed by atoms with van der Waals surface area (Å²) in [6, 6.07) is 11.6.